The van der Waals surface area contributed by atoms with Crippen LogP contribution in [0.25, 0.3) is 0 Å². The van der Waals surface area contributed by atoms with Crippen molar-refractivity contribution in [1.82, 2.24) is 0 Å². The quantitative estimate of drug-likeness (QED) is 0.717. The number of halogens is 5. The Morgan fingerprint density at radius 2 is 1.81 bits per heavy atom. The predicted octanol–water partition coefficient (Wildman–Crippen LogP) is 5.54. The van der Waals surface area contributed by atoms with Crippen LogP contribution in [0.5, 0.6) is 0 Å². The molecule has 1 N–H and O–H groups in total. The van der Waals surface area contributed by atoms with E-state index >= 15 is 0 Å². The molecule has 0 bridgehead atoms. The van der Waals surface area contributed by atoms with Crippen molar-refractivity contribution >= 4 is 34.6 Å². The molecule has 2 aliphatic rings. The van der Waals surface area contributed by atoms with Gasteiger partial charge in [0.05, 0.1) is 5.71 Å². The van der Waals surface area contributed by atoms with Gasteiger partial charge in [-0.25, -0.2) is 0 Å². The van der Waals surface area contributed by atoms with Crippen molar-refractivity contribution in [2.45, 2.75) is 24.6 Å². The van der Waals surface area contributed by atoms with E-state index in [1.165, 1.54) is 18.2 Å². The molecule has 0 amide bonds. The van der Waals surface area contributed by atoms with Crippen molar-refractivity contribution in [2.24, 2.45) is 5.16 Å². The molecule has 0 spiro atoms. The maximum atomic E-state index is 14.0. The number of alkyl halides is 3. The lowest BCUT2D eigenvalue weighted by atomic mass is 9.86. The van der Waals surface area contributed by atoms with Crippen LogP contribution in [0.15, 0.2) is 41.6 Å². The summed E-state index contributed by atoms with van der Waals surface area (Å²) in [5.74, 6) is 0. The fourth-order valence-corrected chi connectivity index (χ4v) is 3.84. The van der Waals surface area contributed by atoms with Crippen LogP contribution < -0.4 is 5.32 Å². The van der Waals surface area contributed by atoms with Crippen molar-refractivity contribution in [1.29, 1.82) is 0 Å². The highest BCUT2D eigenvalue weighted by Crippen LogP contribution is 2.49. The van der Waals surface area contributed by atoms with Crippen LogP contribution >= 0.6 is 23.2 Å². The van der Waals surface area contributed by atoms with E-state index in [0.717, 1.165) is 24.2 Å². The molecule has 8 heteroatoms. The molecule has 2 aromatic carbocycles. The first-order valence-electron chi connectivity index (χ1n) is 7.94. The van der Waals surface area contributed by atoms with E-state index in [0.29, 0.717) is 5.56 Å². The minimum atomic E-state index is -4.69. The first-order valence-corrected chi connectivity index (χ1v) is 8.70. The summed E-state index contributed by atoms with van der Waals surface area (Å²) < 4.78 is 41.9. The molecule has 0 saturated carbocycles. The normalized spacial score (nSPS) is 21.8. The Hall–Kier alpha value is -1.92. The number of hydrogen-bond donors (Lipinski definition) is 1. The minimum Gasteiger partial charge on any atom is -0.384 e. The van der Waals surface area contributed by atoms with Crippen molar-refractivity contribution < 1.29 is 18.0 Å². The summed E-state index contributed by atoms with van der Waals surface area (Å²) in [5.41, 5.74) is 0.105. The standard InChI is InChI=1S/C18H13Cl2F3N2O/c19-13-6-12(7-14(20)8-13)17(18(21,22)23)9-16(25-26-17)11-2-1-10-3-4-24-15(10)5-11/h1-2,5-8,24H,3-4,9H2. The third-order valence-corrected chi connectivity index (χ3v) is 5.10. The maximum Gasteiger partial charge on any atom is 0.435 e. The number of nitrogens with one attached hydrogen (secondary N) is 1. The lowest BCUT2D eigenvalue weighted by Crippen LogP contribution is -2.42. The average Bonchev–Trinajstić information content (AvgIpc) is 3.20. The van der Waals surface area contributed by atoms with Gasteiger partial charge < -0.3 is 10.2 Å². The number of rotatable bonds is 2. The summed E-state index contributed by atoms with van der Waals surface area (Å²) >= 11 is 11.8. The molecule has 0 aliphatic carbocycles. The van der Waals surface area contributed by atoms with Crippen LogP contribution in [0.2, 0.25) is 10.0 Å². The number of nitrogens with zero attached hydrogens (tertiary/aromatic N) is 1. The first-order chi connectivity index (χ1) is 12.3. The maximum absolute atomic E-state index is 14.0. The lowest BCUT2D eigenvalue weighted by molar-refractivity contribution is -0.275. The molecule has 26 heavy (non-hydrogen) atoms. The Bertz CT molecular complexity index is 894. The van der Waals surface area contributed by atoms with Gasteiger partial charge >= 0.3 is 6.18 Å². The summed E-state index contributed by atoms with van der Waals surface area (Å²) in [4.78, 5) is 5.01. The van der Waals surface area contributed by atoms with E-state index in [1.807, 2.05) is 12.1 Å². The van der Waals surface area contributed by atoms with Gasteiger partial charge in [-0.3, -0.25) is 0 Å². The highest BCUT2D eigenvalue weighted by atomic mass is 35.5. The smallest absolute Gasteiger partial charge is 0.384 e. The number of hydrogen-bond acceptors (Lipinski definition) is 3. The topological polar surface area (TPSA) is 33.6 Å². The van der Waals surface area contributed by atoms with Gasteiger partial charge in [-0.2, -0.15) is 13.2 Å². The first kappa shape index (κ1) is 17.5. The second-order valence-electron chi connectivity index (χ2n) is 6.34. The van der Waals surface area contributed by atoms with Crippen LogP contribution in [-0.2, 0) is 16.9 Å². The largest absolute Gasteiger partial charge is 0.435 e. The molecule has 2 heterocycles. The molecule has 1 unspecified atom stereocenters. The van der Waals surface area contributed by atoms with Gasteiger partial charge in [-0.15, -0.1) is 0 Å². The molecular formula is C18H13Cl2F3N2O. The molecule has 0 saturated heterocycles. The summed E-state index contributed by atoms with van der Waals surface area (Å²) in [5, 5.41) is 7.19. The molecule has 2 aliphatic heterocycles. The molecule has 0 fully saturated rings. The number of anilines is 1. The van der Waals surface area contributed by atoms with Crippen LogP contribution in [0, 0.1) is 0 Å². The second kappa shape index (κ2) is 6.06. The zero-order valence-electron chi connectivity index (χ0n) is 13.3. The number of fused-ring (bicyclic) bond motifs is 1. The molecule has 0 aromatic heterocycles. The van der Waals surface area contributed by atoms with E-state index in [9.17, 15) is 13.2 Å². The molecule has 4 rings (SSSR count). The van der Waals surface area contributed by atoms with Gasteiger partial charge in [0.15, 0.2) is 0 Å². The molecule has 1 atom stereocenters. The summed E-state index contributed by atoms with van der Waals surface area (Å²) in [6.07, 6.45) is -4.25. The van der Waals surface area contributed by atoms with Gasteiger partial charge in [0.1, 0.15) is 0 Å². The molecule has 0 radical (unpaired) electrons. The van der Waals surface area contributed by atoms with Gasteiger partial charge in [0, 0.05) is 39.8 Å². The average molecular weight is 401 g/mol. The van der Waals surface area contributed by atoms with Gasteiger partial charge in [0.25, 0.3) is 5.60 Å². The van der Waals surface area contributed by atoms with E-state index < -0.39 is 18.2 Å². The van der Waals surface area contributed by atoms with Crippen molar-refractivity contribution in [3.63, 3.8) is 0 Å². The second-order valence-corrected chi connectivity index (χ2v) is 7.21. The molecule has 136 valence electrons. The zero-order chi connectivity index (χ0) is 18.5. The SMILES string of the molecule is FC(F)(F)C1(c2cc(Cl)cc(Cl)c2)CC(c2ccc3c(c2)NCC3)=NO1. The van der Waals surface area contributed by atoms with E-state index in [-0.39, 0.29) is 21.3 Å². The Labute approximate surface area is 157 Å². The molecule has 3 nitrogen and oxygen atoms in total. The third kappa shape index (κ3) is 2.81. The third-order valence-electron chi connectivity index (χ3n) is 4.67. The summed E-state index contributed by atoms with van der Waals surface area (Å²) in [7, 11) is 0. The van der Waals surface area contributed by atoms with E-state index in [1.54, 1.807) is 6.07 Å². The van der Waals surface area contributed by atoms with Crippen molar-refractivity contribution in [2.75, 3.05) is 11.9 Å². The van der Waals surface area contributed by atoms with E-state index in [4.69, 9.17) is 28.0 Å². The van der Waals surface area contributed by atoms with Gasteiger partial charge in [-0.05, 0) is 36.2 Å². The Morgan fingerprint density at radius 3 is 2.50 bits per heavy atom. The van der Waals surface area contributed by atoms with Crippen LogP contribution in [0.3, 0.4) is 0 Å². The van der Waals surface area contributed by atoms with Crippen LogP contribution in [0.4, 0.5) is 18.9 Å². The Kier molecular flexibility index (Phi) is 4.08. The number of benzene rings is 2. The van der Waals surface area contributed by atoms with Crippen molar-refractivity contribution in [3.05, 3.63) is 63.1 Å². The van der Waals surface area contributed by atoms with E-state index in [2.05, 4.69) is 10.5 Å². The predicted molar refractivity (Wildman–Crippen MR) is 95.1 cm³/mol. The fourth-order valence-electron chi connectivity index (χ4n) is 3.32. The van der Waals surface area contributed by atoms with Gasteiger partial charge in [-0.1, -0.05) is 40.5 Å². The Balaban J connectivity index is 1.73. The van der Waals surface area contributed by atoms with Crippen LogP contribution in [0.1, 0.15) is 23.1 Å². The zero-order valence-corrected chi connectivity index (χ0v) is 14.8. The fraction of sp³-hybridized carbons (Fsp3) is 0.278. The lowest BCUT2D eigenvalue weighted by Gasteiger charge is -2.29. The van der Waals surface area contributed by atoms with Gasteiger partial charge in [0.2, 0.25) is 0 Å². The highest BCUT2D eigenvalue weighted by molar-refractivity contribution is 6.34. The minimum absolute atomic E-state index is 0.106. The monoisotopic (exact) mass is 400 g/mol. The number of oxime groups is 1. The summed E-state index contributed by atoms with van der Waals surface area (Å²) in [6, 6.07) is 9.28. The van der Waals surface area contributed by atoms with Crippen LogP contribution in [-0.4, -0.2) is 18.4 Å². The van der Waals surface area contributed by atoms with Crippen molar-refractivity contribution in [3.8, 4) is 0 Å². The Morgan fingerprint density at radius 1 is 1.08 bits per heavy atom. The summed E-state index contributed by atoms with van der Waals surface area (Å²) in [6.45, 7) is 0.815. The highest BCUT2D eigenvalue weighted by Gasteiger charge is 2.62. The molecular weight excluding hydrogens is 388 g/mol. The molecule has 2 aromatic rings.